The van der Waals surface area contributed by atoms with Gasteiger partial charge in [0.2, 0.25) is 0 Å². The van der Waals surface area contributed by atoms with Gasteiger partial charge in [-0.05, 0) is 28.2 Å². The summed E-state index contributed by atoms with van der Waals surface area (Å²) in [7, 11) is 1.67. The molecule has 4 aromatic rings. The van der Waals surface area contributed by atoms with E-state index in [1.54, 1.807) is 24.3 Å². The topological polar surface area (TPSA) is 53.4 Å². The monoisotopic (exact) mass is 486 g/mol. The van der Waals surface area contributed by atoms with Crippen molar-refractivity contribution in [3.8, 4) is 0 Å². The minimum Gasteiger partial charge on any atom is -0.395 e. The molecule has 1 amide bonds. The molecule has 0 spiro atoms. The molecule has 0 fully saturated rings. The SMILES string of the molecule is CN(CCO)C(=O)c1ncsc1/C=C\SC(c1ccccc1)(c1ccccc1)c1ccccc1. The van der Waals surface area contributed by atoms with Gasteiger partial charge in [0, 0.05) is 13.6 Å². The second-order valence-electron chi connectivity index (χ2n) is 7.72. The van der Waals surface area contributed by atoms with Gasteiger partial charge in [0.25, 0.3) is 5.91 Å². The van der Waals surface area contributed by atoms with Crippen LogP contribution in [0.25, 0.3) is 6.08 Å². The molecule has 0 unspecified atom stereocenters. The van der Waals surface area contributed by atoms with E-state index in [2.05, 4.69) is 83.2 Å². The molecule has 0 bridgehead atoms. The van der Waals surface area contributed by atoms with E-state index in [1.807, 2.05) is 24.3 Å². The van der Waals surface area contributed by atoms with Crippen molar-refractivity contribution >= 4 is 35.1 Å². The number of amides is 1. The lowest BCUT2D eigenvalue weighted by atomic mass is 9.84. The number of carbonyl (C=O) groups is 1. The molecule has 0 radical (unpaired) electrons. The van der Waals surface area contributed by atoms with Gasteiger partial charge in [-0.3, -0.25) is 4.79 Å². The van der Waals surface area contributed by atoms with Crippen LogP contribution in [0.4, 0.5) is 0 Å². The molecule has 4 nitrogen and oxygen atoms in total. The number of hydrogen-bond acceptors (Lipinski definition) is 5. The molecule has 0 atom stereocenters. The number of likely N-dealkylation sites (N-methyl/N-ethyl adjacent to an activating group) is 1. The molecule has 0 saturated heterocycles. The Morgan fingerprint density at radius 2 is 1.44 bits per heavy atom. The Morgan fingerprint density at radius 1 is 0.941 bits per heavy atom. The number of carbonyl (C=O) groups excluding carboxylic acids is 1. The van der Waals surface area contributed by atoms with Gasteiger partial charge in [0.15, 0.2) is 0 Å². The van der Waals surface area contributed by atoms with Crippen molar-refractivity contribution in [2.24, 2.45) is 0 Å². The summed E-state index contributed by atoms with van der Waals surface area (Å²) in [6.07, 6.45) is 1.96. The van der Waals surface area contributed by atoms with Crippen molar-refractivity contribution in [1.29, 1.82) is 0 Å². The molecule has 172 valence electrons. The van der Waals surface area contributed by atoms with Crippen molar-refractivity contribution in [2.45, 2.75) is 4.75 Å². The molecule has 3 aromatic carbocycles. The predicted molar refractivity (Wildman–Crippen MR) is 142 cm³/mol. The highest BCUT2D eigenvalue weighted by molar-refractivity contribution is 8.03. The second-order valence-corrected chi connectivity index (χ2v) is 9.72. The summed E-state index contributed by atoms with van der Waals surface area (Å²) in [6, 6.07) is 31.4. The molecule has 6 heteroatoms. The maximum Gasteiger partial charge on any atom is 0.273 e. The van der Waals surface area contributed by atoms with Gasteiger partial charge in [-0.2, -0.15) is 0 Å². The lowest BCUT2D eigenvalue weighted by Gasteiger charge is -2.34. The Kier molecular flexibility index (Phi) is 7.95. The van der Waals surface area contributed by atoms with E-state index < -0.39 is 4.75 Å². The number of aliphatic hydroxyl groups excluding tert-OH is 1. The number of hydrogen-bond donors (Lipinski definition) is 1. The van der Waals surface area contributed by atoms with E-state index in [0.717, 1.165) is 4.88 Å². The van der Waals surface area contributed by atoms with Crippen molar-refractivity contribution < 1.29 is 9.90 Å². The normalized spacial score (nSPS) is 11.6. The van der Waals surface area contributed by atoms with Gasteiger partial charge in [-0.15, -0.1) is 23.1 Å². The predicted octanol–water partition coefficient (Wildman–Crippen LogP) is 5.90. The zero-order valence-electron chi connectivity index (χ0n) is 18.9. The summed E-state index contributed by atoms with van der Waals surface area (Å²) in [5.41, 5.74) is 5.60. The lowest BCUT2D eigenvalue weighted by molar-refractivity contribution is 0.0762. The van der Waals surface area contributed by atoms with Crippen LogP contribution >= 0.6 is 23.1 Å². The van der Waals surface area contributed by atoms with Crippen LogP contribution in [-0.2, 0) is 4.75 Å². The van der Waals surface area contributed by atoms with Crippen molar-refractivity contribution in [3.05, 3.63) is 129 Å². The Balaban J connectivity index is 1.76. The van der Waals surface area contributed by atoms with Gasteiger partial charge in [-0.25, -0.2) is 4.98 Å². The molecule has 0 saturated carbocycles. The third-order valence-corrected chi connectivity index (χ3v) is 7.71. The van der Waals surface area contributed by atoms with Crippen LogP contribution in [0, 0.1) is 0 Å². The van der Waals surface area contributed by atoms with E-state index in [1.165, 1.54) is 32.9 Å². The van der Waals surface area contributed by atoms with Crippen LogP contribution in [-0.4, -0.2) is 41.1 Å². The molecule has 1 aromatic heterocycles. The van der Waals surface area contributed by atoms with Crippen LogP contribution in [0.3, 0.4) is 0 Å². The third-order valence-electron chi connectivity index (χ3n) is 5.58. The zero-order chi connectivity index (χ0) is 23.8. The first-order valence-electron chi connectivity index (χ1n) is 11.0. The lowest BCUT2D eigenvalue weighted by Crippen LogP contribution is -2.30. The van der Waals surface area contributed by atoms with Crippen LogP contribution < -0.4 is 0 Å². The van der Waals surface area contributed by atoms with Gasteiger partial charge < -0.3 is 10.0 Å². The van der Waals surface area contributed by atoms with E-state index in [9.17, 15) is 9.90 Å². The number of aromatic nitrogens is 1. The zero-order valence-corrected chi connectivity index (χ0v) is 20.5. The molecular formula is C28H26N2O2S2. The van der Waals surface area contributed by atoms with Crippen molar-refractivity contribution in [1.82, 2.24) is 9.88 Å². The summed E-state index contributed by atoms with van der Waals surface area (Å²) in [5.74, 6) is -0.194. The van der Waals surface area contributed by atoms with Crippen LogP contribution in [0.2, 0.25) is 0 Å². The Labute approximate surface area is 208 Å². The summed E-state index contributed by atoms with van der Waals surface area (Å²) >= 11 is 3.13. The molecule has 0 aliphatic rings. The Bertz CT molecular complexity index is 1130. The quantitative estimate of drug-likeness (QED) is 0.299. The fraction of sp³-hybridized carbons (Fsp3) is 0.143. The molecule has 0 aliphatic carbocycles. The largest absolute Gasteiger partial charge is 0.395 e. The number of thioether (sulfide) groups is 1. The number of thiazole rings is 1. The maximum atomic E-state index is 12.8. The van der Waals surface area contributed by atoms with E-state index >= 15 is 0 Å². The summed E-state index contributed by atoms with van der Waals surface area (Å²) in [6.45, 7) is 0.189. The number of aliphatic hydroxyl groups is 1. The van der Waals surface area contributed by atoms with E-state index in [0.29, 0.717) is 5.69 Å². The van der Waals surface area contributed by atoms with Gasteiger partial charge in [0.1, 0.15) is 5.69 Å². The van der Waals surface area contributed by atoms with E-state index in [-0.39, 0.29) is 19.1 Å². The molecule has 1 N–H and O–H groups in total. The fourth-order valence-electron chi connectivity index (χ4n) is 3.89. The molecule has 0 aliphatic heterocycles. The number of nitrogens with zero attached hydrogens (tertiary/aromatic N) is 2. The smallest absolute Gasteiger partial charge is 0.273 e. The van der Waals surface area contributed by atoms with Crippen LogP contribution in [0.1, 0.15) is 32.1 Å². The minimum absolute atomic E-state index is 0.0822. The molecule has 4 rings (SSSR count). The molecular weight excluding hydrogens is 460 g/mol. The highest BCUT2D eigenvalue weighted by Gasteiger charge is 2.36. The van der Waals surface area contributed by atoms with Crippen LogP contribution in [0.15, 0.2) is 102 Å². The minimum atomic E-state index is -0.469. The summed E-state index contributed by atoms with van der Waals surface area (Å²) in [5, 5.41) is 11.2. The standard InChI is InChI=1S/C28H26N2O2S2/c1-30(18-19-31)27(32)26-25(33-21-29-26)17-20-34-28(22-11-5-2-6-12-22,23-13-7-3-8-14-23)24-15-9-4-10-16-24/h2-17,20-21,31H,18-19H2,1H3/b20-17-. The van der Waals surface area contributed by atoms with Crippen LogP contribution in [0.5, 0.6) is 0 Å². The average molecular weight is 487 g/mol. The first-order valence-corrected chi connectivity index (χ1v) is 12.7. The number of benzene rings is 3. The highest BCUT2D eigenvalue weighted by Crippen LogP contribution is 2.49. The fourth-order valence-corrected chi connectivity index (χ4v) is 5.87. The molecule has 34 heavy (non-hydrogen) atoms. The molecule has 1 heterocycles. The van der Waals surface area contributed by atoms with Crippen molar-refractivity contribution in [2.75, 3.05) is 20.2 Å². The van der Waals surface area contributed by atoms with Gasteiger partial charge >= 0.3 is 0 Å². The first kappa shape index (κ1) is 24.0. The number of rotatable bonds is 9. The highest BCUT2D eigenvalue weighted by atomic mass is 32.2. The third kappa shape index (κ3) is 4.99. The van der Waals surface area contributed by atoms with Gasteiger partial charge in [-0.1, -0.05) is 91.0 Å². The average Bonchev–Trinajstić information content (AvgIpc) is 3.36. The summed E-state index contributed by atoms with van der Waals surface area (Å²) < 4.78 is -0.469. The Morgan fingerprint density at radius 3 is 1.91 bits per heavy atom. The van der Waals surface area contributed by atoms with Crippen molar-refractivity contribution in [3.63, 3.8) is 0 Å². The van der Waals surface area contributed by atoms with E-state index in [4.69, 9.17) is 0 Å². The maximum absolute atomic E-state index is 12.8. The second kappa shape index (κ2) is 11.3. The Hall–Kier alpha value is -3.19. The first-order chi connectivity index (χ1) is 16.7. The van der Waals surface area contributed by atoms with Gasteiger partial charge in [0.05, 0.1) is 21.7 Å². The summed E-state index contributed by atoms with van der Waals surface area (Å²) in [4.78, 5) is 19.3.